The molecule has 0 fully saturated rings. The van der Waals surface area contributed by atoms with Crippen LogP contribution in [0.4, 0.5) is 0 Å². The minimum absolute atomic E-state index is 0.834. The molecule has 0 spiro atoms. The second-order valence-electron chi connectivity index (χ2n) is 6.20. The number of aryl methyl sites for hydroxylation is 2. The molecule has 0 bridgehead atoms. The van der Waals surface area contributed by atoms with E-state index in [0.29, 0.717) is 0 Å². The molecule has 0 amide bonds. The lowest BCUT2D eigenvalue weighted by Crippen LogP contribution is -1.88. The average Bonchev–Trinajstić information content (AvgIpc) is 3.02. The highest BCUT2D eigenvalue weighted by molar-refractivity contribution is 7.79. The van der Waals surface area contributed by atoms with Crippen molar-refractivity contribution in [3.63, 3.8) is 0 Å². The third kappa shape index (κ3) is 1.55. The van der Waals surface area contributed by atoms with E-state index in [9.17, 15) is 0 Å². The van der Waals surface area contributed by atoms with Gasteiger partial charge in [-0.25, -0.2) is 0 Å². The smallest absolute Gasteiger partial charge is 0.0157 e. The molecular weight excluding hydrogens is 284 g/mol. The first kappa shape index (κ1) is 12.5. The van der Waals surface area contributed by atoms with Crippen LogP contribution >= 0.6 is 12.6 Å². The zero-order valence-corrected chi connectivity index (χ0v) is 13.2. The van der Waals surface area contributed by atoms with Gasteiger partial charge in [-0.2, -0.15) is 12.6 Å². The molecule has 1 heteroatoms. The van der Waals surface area contributed by atoms with E-state index in [1.807, 2.05) is 0 Å². The Balaban J connectivity index is 2.02. The van der Waals surface area contributed by atoms with Crippen LogP contribution < -0.4 is 0 Å². The fourth-order valence-electron chi connectivity index (χ4n) is 4.13. The highest BCUT2D eigenvalue weighted by Crippen LogP contribution is 2.40. The summed E-state index contributed by atoms with van der Waals surface area (Å²) in [6.45, 7) is 0. The molecular formula is C21H16S. The van der Waals surface area contributed by atoms with Gasteiger partial charge in [0.05, 0.1) is 0 Å². The van der Waals surface area contributed by atoms with Crippen LogP contribution in [-0.4, -0.2) is 0 Å². The quantitative estimate of drug-likeness (QED) is 0.261. The van der Waals surface area contributed by atoms with Gasteiger partial charge in [0.15, 0.2) is 0 Å². The van der Waals surface area contributed by atoms with E-state index >= 15 is 0 Å². The van der Waals surface area contributed by atoms with E-state index in [-0.39, 0.29) is 0 Å². The molecule has 1 aliphatic carbocycles. The lowest BCUT2D eigenvalue weighted by atomic mass is 9.93. The molecule has 4 aromatic rings. The maximum atomic E-state index is 4.50. The maximum Gasteiger partial charge on any atom is 0.0157 e. The van der Waals surface area contributed by atoms with Crippen molar-refractivity contribution in [2.75, 3.05) is 0 Å². The molecule has 22 heavy (non-hydrogen) atoms. The number of benzene rings is 4. The summed E-state index contributed by atoms with van der Waals surface area (Å²) < 4.78 is 0. The number of fused-ring (bicyclic) bond motifs is 4. The second-order valence-corrected chi connectivity index (χ2v) is 6.51. The normalized spacial score (nSPS) is 13.5. The highest BCUT2D eigenvalue weighted by atomic mass is 32.1. The minimum Gasteiger partial charge on any atom is -0.175 e. The molecule has 106 valence electrons. The fraction of sp³-hybridized carbons (Fsp3) is 0.143. The summed E-state index contributed by atoms with van der Waals surface area (Å²) >= 11 is 4.50. The van der Waals surface area contributed by atoms with Crippen LogP contribution in [0.15, 0.2) is 54.6 Å². The predicted octanol–water partition coefficient (Wildman–Crippen LogP) is 5.67. The van der Waals surface area contributed by atoms with Gasteiger partial charge in [-0.15, -0.1) is 0 Å². The van der Waals surface area contributed by atoms with E-state index in [0.717, 1.165) is 18.6 Å². The Morgan fingerprint density at radius 3 is 2.45 bits per heavy atom. The Kier molecular flexibility index (Phi) is 2.57. The molecule has 0 unspecified atom stereocenters. The molecule has 0 nitrogen and oxygen atoms in total. The van der Waals surface area contributed by atoms with E-state index < -0.39 is 0 Å². The molecule has 4 aromatic carbocycles. The van der Waals surface area contributed by atoms with Crippen molar-refractivity contribution in [2.24, 2.45) is 0 Å². The molecule has 0 radical (unpaired) electrons. The predicted molar refractivity (Wildman–Crippen MR) is 99.1 cm³/mol. The zero-order chi connectivity index (χ0) is 14.7. The molecule has 5 rings (SSSR count). The van der Waals surface area contributed by atoms with E-state index in [2.05, 4.69) is 67.2 Å². The summed E-state index contributed by atoms with van der Waals surface area (Å²) in [5.41, 5.74) is 4.46. The SMILES string of the molecule is SCc1ccc2cc3c(ccc4ccccc43)c3c2c1CC3. The third-order valence-electron chi connectivity index (χ3n) is 5.13. The molecule has 0 saturated heterocycles. The first-order chi connectivity index (χ1) is 10.9. The summed E-state index contributed by atoms with van der Waals surface area (Å²) in [6.07, 6.45) is 2.32. The van der Waals surface area contributed by atoms with Crippen LogP contribution in [0.2, 0.25) is 0 Å². The van der Waals surface area contributed by atoms with Crippen molar-refractivity contribution in [1.82, 2.24) is 0 Å². The van der Waals surface area contributed by atoms with Crippen LogP contribution in [0.25, 0.3) is 32.3 Å². The Morgan fingerprint density at radius 1 is 0.727 bits per heavy atom. The summed E-state index contributed by atoms with van der Waals surface area (Å²) in [6, 6.07) is 20.2. The topological polar surface area (TPSA) is 0 Å². The van der Waals surface area contributed by atoms with Crippen LogP contribution in [0.1, 0.15) is 16.7 Å². The van der Waals surface area contributed by atoms with Crippen molar-refractivity contribution >= 4 is 44.9 Å². The lowest BCUT2D eigenvalue weighted by Gasteiger charge is -2.11. The second kappa shape index (κ2) is 4.50. The molecule has 0 N–H and O–H groups in total. The van der Waals surface area contributed by atoms with Gasteiger partial charge in [-0.1, -0.05) is 48.5 Å². The lowest BCUT2D eigenvalue weighted by molar-refractivity contribution is 1.02. The number of rotatable bonds is 1. The van der Waals surface area contributed by atoms with Crippen LogP contribution in [0.3, 0.4) is 0 Å². The van der Waals surface area contributed by atoms with Crippen LogP contribution in [0, 0.1) is 0 Å². The molecule has 0 aromatic heterocycles. The van der Waals surface area contributed by atoms with Gasteiger partial charge in [0.25, 0.3) is 0 Å². The highest BCUT2D eigenvalue weighted by Gasteiger charge is 2.20. The zero-order valence-electron chi connectivity index (χ0n) is 12.3. The Bertz CT molecular complexity index is 1060. The standard InChI is InChI=1S/C21H16S/c22-12-15-6-5-14-11-20-16-4-2-1-3-13(16)7-8-18(20)19-10-9-17(15)21(14)19/h1-8,11,22H,9-10,12H2. The summed E-state index contributed by atoms with van der Waals surface area (Å²) in [5, 5.41) is 8.40. The molecule has 0 saturated carbocycles. The molecule has 1 aliphatic rings. The Morgan fingerprint density at radius 2 is 1.55 bits per heavy atom. The van der Waals surface area contributed by atoms with Gasteiger partial charge >= 0.3 is 0 Å². The largest absolute Gasteiger partial charge is 0.175 e. The van der Waals surface area contributed by atoms with E-state index in [1.54, 1.807) is 0 Å². The van der Waals surface area contributed by atoms with E-state index in [1.165, 1.54) is 49.0 Å². The maximum absolute atomic E-state index is 4.50. The third-order valence-corrected chi connectivity index (χ3v) is 5.48. The van der Waals surface area contributed by atoms with Crippen molar-refractivity contribution in [2.45, 2.75) is 18.6 Å². The van der Waals surface area contributed by atoms with Gasteiger partial charge in [-0.05, 0) is 67.9 Å². The monoisotopic (exact) mass is 300 g/mol. The fourth-order valence-corrected chi connectivity index (χ4v) is 4.43. The number of hydrogen-bond acceptors (Lipinski definition) is 1. The van der Waals surface area contributed by atoms with Gasteiger partial charge in [0.2, 0.25) is 0 Å². The Hall–Kier alpha value is -1.99. The first-order valence-electron chi connectivity index (χ1n) is 7.85. The van der Waals surface area contributed by atoms with Crippen molar-refractivity contribution in [3.8, 4) is 0 Å². The molecule has 0 heterocycles. The van der Waals surface area contributed by atoms with Crippen molar-refractivity contribution in [3.05, 3.63) is 71.3 Å². The van der Waals surface area contributed by atoms with E-state index in [4.69, 9.17) is 0 Å². The van der Waals surface area contributed by atoms with Gasteiger partial charge < -0.3 is 0 Å². The number of hydrogen-bond donors (Lipinski definition) is 1. The summed E-state index contributed by atoms with van der Waals surface area (Å²) in [4.78, 5) is 0. The molecule has 0 atom stereocenters. The van der Waals surface area contributed by atoms with Crippen LogP contribution in [0.5, 0.6) is 0 Å². The number of thiol groups is 1. The summed E-state index contributed by atoms with van der Waals surface area (Å²) in [7, 11) is 0. The average molecular weight is 300 g/mol. The Labute approximate surface area is 135 Å². The van der Waals surface area contributed by atoms with Crippen LogP contribution in [-0.2, 0) is 18.6 Å². The van der Waals surface area contributed by atoms with Crippen molar-refractivity contribution < 1.29 is 0 Å². The minimum atomic E-state index is 0.834. The van der Waals surface area contributed by atoms with Crippen molar-refractivity contribution in [1.29, 1.82) is 0 Å². The first-order valence-corrected chi connectivity index (χ1v) is 8.49. The van der Waals surface area contributed by atoms with Gasteiger partial charge in [-0.3, -0.25) is 0 Å². The molecule has 0 aliphatic heterocycles. The van der Waals surface area contributed by atoms with Gasteiger partial charge in [0, 0.05) is 5.75 Å². The van der Waals surface area contributed by atoms with Gasteiger partial charge in [0.1, 0.15) is 0 Å². The summed E-state index contributed by atoms with van der Waals surface area (Å²) in [5.74, 6) is 0.834.